The van der Waals surface area contributed by atoms with Crippen molar-refractivity contribution in [2.24, 2.45) is 5.41 Å². The predicted molar refractivity (Wildman–Crippen MR) is 102 cm³/mol. The number of fused-ring (bicyclic) bond motifs is 1. The fraction of sp³-hybridized carbons (Fsp3) is 0.333. The number of nitrogens with zero attached hydrogens (tertiary/aromatic N) is 2. The van der Waals surface area contributed by atoms with E-state index in [2.05, 4.69) is 29.2 Å². The van der Waals surface area contributed by atoms with Gasteiger partial charge in [0.1, 0.15) is 5.52 Å². The molecule has 3 aromatic rings. The van der Waals surface area contributed by atoms with Crippen LogP contribution in [-0.4, -0.2) is 42.5 Å². The minimum Gasteiger partial charge on any atom is -0.436 e. The Kier molecular flexibility index (Phi) is 4.24. The predicted octanol–water partition coefficient (Wildman–Crippen LogP) is 3.57. The quantitative estimate of drug-likeness (QED) is 0.782. The average molecular weight is 349 g/mol. The summed E-state index contributed by atoms with van der Waals surface area (Å²) < 4.78 is 5.81. The summed E-state index contributed by atoms with van der Waals surface area (Å²) in [5.41, 5.74) is 3.13. The molecule has 1 aliphatic heterocycles. The molecule has 1 aliphatic rings. The number of likely N-dealkylation sites (tertiary alicyclic amines) is 1. The fourth-order valence-corrected chi connectivity index (χ4v) is 3.60. The van der Waals surface area contributed by atoms with Gasteiger partial charge in [0.15, 0.2) is 5.58 Å². The average Bonchev–Trinajstić information content (AvgIpc) is 3.23. The Balaban J connectivity index is 1.51. The van der Waals surface area contributed by atoms with Crippen molar-refractivity contribution in [1.29, 1.82) is 0 Å². The molecule has 1 amide bonds. The number of nitrogens with one attached hydrogen (secondary N) is 1. The normalized spacial score (nSPS) is 20.5. The number of hydrogen-bond donors (Lipinski definition) is 1. The highest BCUT2D eigenvalue weighted by molar-refractivity contribution is 5.95. The van der Waals surface area contributed by atoms with Crippen LogP contribution in [0.4, 0.5) is 0 Å². The van der Waals surface area contributed by atoms with Crippen molar-refractivity contribution in [3.05, 3.63) is 54.1 Å². The van der Waals surface area contributed by atoms with E-state index in [1.54, 1.807) is 0 Å². The van der Waals surface area contributed by atoms with Gasteiger partial charge in [-0.05, 0) is 55.8 Å². The molecule has 1 saturated heterocycles. The van der Waals surface area contributed by atoms with Gasteiger partial charge in [-0.25, -0.2) is 4.98 Å². The van der Waals surface area contributed by atoms with Crippen LogP contribution in [0, 0.1) is 5.41 Å². The van der Waals surface area contributed by atoms with E-state index in [0.717, 1.165) is 36.2 Å². The first-order valence-electron chi connectivity index (χ1n) is 8.95. The Morgan fingerprint density at radius 2 is 2.12 bits per heavy atom. The SMILES string of the molecule is CN1CCC(C)(CNC(=O)c2cccc(-c3nc4ccccc4o3)c2)C1. The van der Waals surface area contributed by atoms with E-state index in [1.807, 2.05) is 48.5 Å². The number of benzene rings is 2. The zero-order valence-electron chi connectivity index (χ0n) is 15.2. The van der Waals surface area contributed by atoms with Crippen molar-refractivity contribution in [2.75, 3.05) is 26.7 Å². The third-order valence-electron chi connectivity index (χ3n) is 5.09. The van der Waals surface area contributed by atoms with Gasteiger partial charge >= 0.3 is 0 Å². The summed E-state index contributed by atoms with van der Waals surface area (Å²) in [6.45, 7) is 5.00. The van der Waals surface area contributed by atoms with Gasteiger partial charge in [-0.1, -0.05) is 25.1 Å². The number of aromatic nitrogens is 1. The summed E-state index contributed by atoms with van der Waals surface area (Å²) in [5.74, 6) is 0.476. The van der Waals surface area contributed by atoms with E-state index in [0.29, 0.717) is 18.0 Å². The van der Waals surface area contributed by atoms with E-state index in [-0.39, 0.29) is 11.3 Å². The van der Waals surface area contributed by atoms with Crippen LogP contribution < -0.4 is 5.32 Å². The molecule has 0 radical (unpaired) electrons. The van der Waals surface area contributed by atoms with Crippen molar-refractivity contribution in [1.82, 2.24) is 15.2 Å². The van der Waals surface area contributed by atoms with Crippen molar-refractivity contribution in [3.63, 3.8) is 0 Å². The Morgan fingerprint density at radius 3 is 2.88 bits per heavy atom. The van der Waals surface area contributed by atoms with Crippen LogP contribution in [0.25, 0.3) is 22.6 Å². The Morgan fingerprint density at radius 1 is 1.27 bits per heavy atom. The molecule has 5 heteroatoms. The van der Waals surface area contributed by atoms with E-state index in [1.165, 1.54) is 0 Å². The molecule has 0 aliphatic carbocycles. The molecule has 5 nitrogen and oxygen atoms in total. The third kappa shape index (κ3) is 3.35. The van der Waals surface area contributed by atoms with Crippen molar-refractivity contribution in [3.8, 4) is 11.5 Å². The Labute approximate surface area is 153 Å². The minimum atomic E-state index is -0.0567. The molecular weight excluding hydrogens is 326 g/mol. The first-order valence-corrected chi connectivity index (χ1v) is 8.95. The summed E-state index contributed by atoms with van der Waals surface area (Å²) in [6, 6.07) is 15.1. The van der Waals surface area contributed by atoms with Crippen LogP contribution in [0.15, 0.2) is 52.9 Å². The van der Waals surface area contributed by atoms with Crippen LogP contribution in [0.5, 0.6) is 0 Å². The minimum absolute atomic E-state index is 0.0567. The number of para-hydroxylation sites is 2. The van der Waals surface area contributed by atoms with Gasteiger partial charge in [-0.15, -0.1) is 0 Å². The van der Waals surface area contributed by atoms with E-state index in [4.69, 9.17) is 4.42 Å². The maximum Gasteiger partial charge on any atom is 0.251 e. The summed E-state index contributed by atoms with van der Waals surface area (Å²) in [6.07, 6.45) is 1.10. The van der Waals surface area contributed by atoms with Crippen LogP contribution in [0.1, 0.15) is 23.7 Å². The van der Waals surface area contributed by atoms with Gasteiger partial charge in [0.05, 0.1) is 0 Å². The third-order valence-corrected chi connectivity index (χ3v) is 5.09. The molecule has 1 atom stereocenters. The lowest BCUT2D eigenvalue weighted by molar-refractivity contribution is 0.0935. The van der Waals surface area contributed by atoms with Gasteiger partial charge in [0.25, 0.3) is 5.91 Å². The first kappa shape index (κ1) is 16.8. The maximum absolute atomic E-state index is 12.6. The summed E-state index contributed by atoms with van der Waals surface area (Å²) >= 11 is 0. The van der Waals surface area contributed by atoms with E-state index < -0.39 is 0 Å². The second-order valence-electron chi connectivity index (χ2n) is 7.55. The van der Waals surface area contributed by atoms with Crippen molar-refractivity contribution >= 4 is 17.0 Å². The number of amides is 1. The molecule has 4 rings (SSSR count). The first-order chi connectivity index (χ1) is 12.5. The van der Waals surface area contributed by atoms with Gasteiger partial charge < -0.3 is 14.6 Å². The van der Waals surface area contributed by atoms with Crippen LogP contribution >= 0.6 is 0 Å². The van der Waals surface area contributed by atoms with Gasteiger partial charge in [0.2, 0.25) is 5.89 Å². The van der Waals surface area contributed by atoms with E-state index >= 15 is 0 Å². The molecular formula is C21H23N3O2. The number of hydrogen-bond acceptors (Lipinski definition) is 4. The zero-order valence-corrected chi connectivity index (χ0v) is 15.2. The Bertz CT molecular complexity index is 916. The highest BCUT2D eigenvalue weighted by atomic mass is 16.3. The van der Waals surface area contributed by atoms with Crippen LogP contribution in [0.2, 0.25) is 0 Å². The highest BCUT2D eigenvalue weighted by Crippen LogP contribution is 2.28. The standard InChI is InChI=1S/C21H23N3O2/c1-21(10-11-24(2)14-21)13-22-19(25)15-6-5-7-16(12-15)20-23-17-8-3-4-9-18(17)26-20/h3-9,12H,10-11,13-14H2,1-2H3,(H,22,25). The van der Waals surface area contributed by atoms with E-state index in [9.17, 15) is 4.79 Å². The van der Waals surface area contributed by atoms with Gasteiger partial charge in [-0.3, -0.25) is 4.79 Å². The van der Waals surface area contributed by atoms with Crippen molar-refractivity contribution < 1.29 is 9.21 Å². The number of carbonyl (C=O) groups excluding carboxylic acids is 1. The smallest absolute Gasteiger partial charge is 0.251 e. The molecule has 1 unspecified atom stereocenters. The summed E-state index contributed by atoms with van der Waals surface area (Å²) in [5, 5.41) is 3.09. The fourth-order valence-electron chi connectivity index (χ4n) is 3.60. The molecule has 1 N–H and O–H groups in total. The molecule has 2 aromatic carbocycles. The number of rotatable bonds is 4. The molecule has 0 saturated carbocycles. The molecule has 2 heterocycles. The second-order valence-corrected chi connectivity index (χ2v) is 7.55. The molecule has 1 aromatic heterocycles. The zero-order chi connectivity index (χ0) is 18.1. The molecule has 26 heavy (non-hydrogen) atoms. The second kappa shape index (κ2) is 6.57. The van der Waals surface area contributed by atoms with Gasteiger partial charge in [0, 0.05) is 24.2 Å². The molecule has 0 bridgehead atoms. The van der Waals surface area contributed by atoms with Gasteiger partial charge in [-0.2, -0.15) is 0 Å². The monoisotopic (exact) mass is 349 g/mol. The summed E-state index contributed by atoms with van der Waals surface area (Å²) in [7, 11) is 2.12. The molecule has 0 spiro atoms. The molecule has 134 valence electrons. The topological polar surface area (TPSA) is 58.4 Å². The lowest BCUT2D eigenvalue weighted by atomic mass is 9.90. The highest BCUT2D eigenvalue weighted by Gasteiger charge is 2.32. The lowest BCUT2D eigenvalue weighted by Gasteiger charge is -2.24. The largest absolute Gasteiger partial charge is 0.436 e. The lowest BCUT2D eigenvalue weighted by Crippen LogP contribution is -2.37. The van der Waals surface area contributed by atoms with Crippen molar-refractivity contribution in [2.45, 2.75) is 13.3 Å². The van der Waals surface area contributed by atoms with Crippen LogP contribution in [-0.2, 0) is 0 Å². The summed E-state index contributed by atoms with van der Waals surface area (Å²) in [4.78, 5) is 19.4. The number of oxazole rings is 1. The van der Waals surface area contributed by atoms with Crippen LogP contribution in [0.3, 0.4) is 0 Å². The maximum atomic E-state index is 12.6. The molecule has 1 fully saturated rings. The number of carbonyl (C=O) groups is 1. The Hall–Kier alpha value is -2.66.